The van der Waals surface area contributed by atoms with Gasteiger partial charge in [-0.2, -0.15) is 5.26 Å². The van der Waals surface area contributed by atoms with E-state index in [2.05, 4.69) is 62.1 Å². The smallest absolute Gasteiger partial charge is 0.0662 e. The monoisotopic (exact) mass is 242 g/mol. The van der Waals surface area contributed by atoms with Gasteiger partial charge in [0.15, 0.2) is 0 Å². The van der Waals surface area contributed by atoms with Gasteiger partial charge in [-0.25, -0.2) is 0 Å². The molecule has 18 heavy (non-hydrogen) atoms. The predicted molar refractivity (Wildman–Crippen MR) is 73.9 cm³/mol. The van der Waals surface area contributed by atoms with Crippen LogP contribution in [0.4, 0.5) is 0 Å². The van der Waals surface area contributed by atoms with Crippen LogP contribution in [0, 0.1) is 22.7 Å². The van der Waals surface area contributed by atoms with E-state index < -0.39 is 0 Å². The van der Waals surface area contributed by atoms with E-state index in [-0.39, 0.29) is 11.3 Å². The van der Waals surface area contributed by atoms with Crippen molar-refractivity contribution >= 4 is 0 Å². The second-order valence-electron chi connectivity index (χ2n) is 6.02. The maximum Gasteiger partial charge on any atom is 0.0662 e. The fourth-order valence-corrected chi connectivity index (χ4v) is 2.91. The van der Waals surface area contributed by atoms with Crippen molar-refractivity contribution in [2.75, 3.05) is 13.1 Å². The number of piperidine rings is 1. The number of nitrogens with zero attached hydrogens (tertiary/aromatic N) is 2. The second kappa shape index (κ2) is 5.12. The van der Waals surface area contributed by atoms with Crippen LogP contribution in [0.25, 0.3) is 0 Å². The largest absolute Gasteiger partial charge is 0.296 e. The van der Waals surface area contributed by atoms with Gasteiger partial charge >= 0.3 is 0 Å². The van der Waals surface area contributed by atoms with Crippen LogP contribution in [-0.2, 0) is 0 Å². The van der Waals surface area contributed by atoms with Gasteiger partial charge < -0.3 is 0 Å². The maximum absolute atomic E-state index is 9.20. The Bertz CT molecular complexity index is 430. The Kier molecular flexibility index (Phi) is 3.73. The molecule has 2 nitrogen and oxygen atoms in total. The summed E-state index contributed by atoms with van der Waals surface area (Å²) >= 11 is 0. The van der Waals surface area contributed by atoms with Gasteiger partial charge in [-0.05, 0) is 24.3 Å². The molecule has 1 aromatic carbocycles. The van der Waals surface area contributed by atoms with Crippen molar-refractivity contribution in [3.63, 3.8) is 0 Å². The van der Waals surface area contributed by atoms with Crippen molar-refractivity contribution in [2.24, 2.45) is 11.3 Å². The summed E-state index contributed by atoms with van der Waals surface area (Å²) in [7, 11) is 0. The molecule has 1 aliphatic heterocycles. The van der Waals surface area contributed by atoms with Crippen LogP contribution in [0.15, 0.2) is 30.3 Å². The Balaban J connectivity index is 2.11. The van der Waals surface area contributed by atoms with Gasteiger partial charge in [0.1, 0.15) is 0 Å². The molecule has 0 aliphatic carbocycles. The van der Waals surface area contributed by atoms with Crippen LogP contribution in [0.1, 0.15) is 38.8 Å². The van der Waals surface area contributed by atoms with E-state index in [9.17, 15) is 5.26 Å². The number of rotatable bonds is 2. The third kappa shape index (κ3) is 2.57. The van der Waals surface area contributed by atoms with E-state index in [1.54, 1.807) is 0 Å². The van der Waals surface area contributed by atoms with Gasteiger partial charge in [-0.3, -0.25) is 4.90 Å². The van der Waals surface area contributed by atoms with Crippen molar-refractivity contribution in [2.45, 2.75) is 33.2 Å². The normalized spacial score (nSPS) is 25.3. The molecule has 0 aromatic heterocycles. The Hall–Kier alpha value is -1.33. The molecule has 0 spiro atoms. The summed E-state index contributed by atoms with van der Waals surface area (Å²) in [5.41, 5.74) is 1.46. The highest BCUT2D eigenvalue weighted by atomic mass is 15.2. The average Bonchev–Trinajstić information content (AvgIpc) is 2.37. The first-order valence-corrected chi connectivity index (χ1v) is 6.73. The van der Waals surface area contributed by atoms with Crippen LogP contribution < -0.4 is 0 Å². The summed E-state index contributed by atoms with van der Waals surface area (Å²) in [4.78, 5) is 2.50. The highest BCUT2D eigenvalue weighted by Crippen LogP contribution is 2.37. The molecule has 2 atom stereocenters. The number of nitriles is 1. The lowest BCUT2D eigenvalue weighted by Crippen LogP contribution is -2.46. The molecule has 1 fully saturated rings. The molecule has 1 saturated heterocycles. The zero-order valence-electron chi connectivity index (χ0n) is 11.6. The van der Waals surface area contributed by atoms with E-state index in [0.717, 1.165) is 19.5 Å². The Morgan fingerprint density at radius 2 is 2.00 bits per heavy atom. The highest BCUT2D eigenvalue weighted by molar-refractivity contribution is 5.18. The summed E-state index contributed by atoms with van der Waals surface area (Å²) < 4.78 is 0. The molecule has 2 rings (SSSR count). The Labute approximate surface area is 110 Å². The highest BCUT2D eigenvalue weighted by Gasteiger charge is 2.37. The van der Waals surface area contributed by atoms with E-state index in [0.29, 0.717) is 6.04 Å². The quantitative estimate of drug-likeness (QED) is 0.792. The summed E-state index contributed by atoms with van der Waals surface area (Å²) in [6.07, 6.45) is 0.987. The standard InChI is InChI=1S/C16H22N2/c1-13(14-7-5-4-6-8-14)18-10-9-15(11-17)16(2,3)12-18/h4-8,13,15H,9-10,12H2,1-3H3. The molecule has 0 N–H and O–H groups in total. The van der Waals surface area contributed by atoms with Gasteiger partial charge in [0.2, 0.25) is 0 Å². The average molecular weight is 242 g/mol. The molecule has 0 radical (unpaired) electrons. The fraction of sp³-hybridized carbons (Fsp3) is 0.562. The van der Waals surface area contributed by atoms with Crippen molar-refractivity contribution < 1.29 is 0 Å². The van der Waals surface area contributed by atoms with E-state index in [4.69, 9.17) is 0 Å². The molecule has 2 heteroatoms. The van der Waals surface area contributed by atoms with Gasteiger partial charge in [-0.15, -0.1) is 0 Å². The Morgan fingerprint density at radius 1 is 1.33 bits per heavy atom. The zero-order chi connectivity index (χ0) is 13.2. The van der Waals surface area contributed by atoms with Crippen LogP contribution in [0.5, 0.6) is 0 Å². The van der Waals surface area contributed by atoms with Gasteiger partial charge in [0.05, 0.1) is 12.0 Å². The minimum Gasteiger partial charge on any atom is -0.296 e. The lowest BCUT2D eigenvalue weighted by atomic mass is 9.74. The van der Waals surface area contributed by atoms with E-state index in [1.807, 2.05) is 0 Å². The van der Waals surface area contributed by atoms with Crippen LogP contribution in [0.2, 0.25) is 0 Å². The SMILES string of the molecule is CC(c1ccccc1)N1CCC(C#N)C(C)(C)C1. The first-order valence-electron chi connectivity index (χ1n) is 6.73. The van der Waals surface area contributed by atoms with Gasteiger partial charge in [0, 0.05) is 19.1 Å². The lowest BCUT2D eigenvalue weighted by Gasteiger charge is -2.44. The minimum absolute atomic E-state index is 0.0933. The molecule has 0 amide bonds. The van der Waals surface area contributed by atoms with Crippen molar-refractivity contribution in [3.05, 3.63) is 35.9 Å². The number of benzene rings is 1. The van der Waals surface area contributed by atoms with Crippen LogP contribution >= 0.6 is 0 Å². The van der Waals surface area contributed by atoms with Gasteiger partial charge in [-0.1, -0.05) is 44.2 Å². The molecule has 1 aliphatic rings. The van der Waals surface area contributed by atoms with E-state index >= 15 is 0 Å². The van der Waals surface area contributed by atoms with Crippen molar-refractivity contribution in [1.29, 1.82) is 5.26 Å². The van der Waals surface area contributed by atoms with Crippen molar-refractivity contribution in [1.82, 2.24) is 4.90 Å². The first-order chi connectivity index (χ1) is 8.54. The number of hydrogen-bond donors (Lipinski definition) is 0. The molecule has 96 valence electrons. The fourth-order valence-electron chi connectivity index (χ4n) is 2.91. The predicted octanol–water partition coefficient (Wildman–Crippen LogP) is 3.62. The molecular weight excluding hydrogens is 220 g/mol. The number of likely N-dealkylation sites (tertiary alicyclic amines) is 1. The third-order valence-corrected chi connectivity index (χ3v) is 4.24. The topological polar surface area (TPSA) is 27.0 Å². The van der Waals surface area contributed by atoms with Crippen LogP contribution in [0.3, 0.4) is 0 Å². The molecule has 1 aromatic rings. The molecule has 0 bridgehead atoms. The second-order valence-corrected chi connectivity index (χ2v) is 6.02. The minimum atomic E-state index is 0.0933. The molecular formula is C16H22N2. The van der Waals surface area contributed by atoms with Crippen LogP contribution in [-0.4, -0.2) is 18.0 Å². The number of hydrogen-bond acceptors (Lipinski definition) is 2. The van der Waals surface area contributed by atoms with Gasteiger partial charge in [0.25, 0.3) is 0 Å². The summed E-state index contributed by atoms with van der Waals surface area (Å²) in [5, 5.41) is 9.20. The first kappa shape index (κ1) is 13.1. The third-order valence-electron chi connectivity index (χ3n) is 4.24. The summed E-state index contributed by atoms with van der Waals surface area (Å²) in [5.74, 6) is 0.191. The summed E-state index contributed by atoms with van der Waals surface area (Å²) in [6, 6.07) is 13.5. The molecule has 1 heterocycles. The molecule has 0 saturated carbocycles. The van der Waals surface area contributed by atoms with Crippen molar-refractivity contribution in [3.8, 4) is 6.07 Å². The lowest BCUT2D eigenvalue weighted by molar-refractivity contribution is 0.0549. The Morgan fingerprint density at radius 3 is 2.56 bits per heavy atom. The zero-order valence-corrected chi connectivity index (χ0v) is 11.6. The van der Waals surface area contributed by atoms with E-state index in [1.165, 1.54) is 5.56 Å². The molecule has 2 unspecified atom stereocenters. The maximum atomic E-state index is 9.20. The summed E-state index contributed by atoms with van der Waals surface area (Å²) in [6.45, 7) is 8.71.